The predicted octanol–water partition coefficient (Wildman–Crippen LogP) is 7.01. The highest BCUT2D eigenvalue weighted by Gasteiger charge is 2.81. The van der Waals surface area contributed by atoms with Crippen LogP contribution in [0, 0.1) is 0 Å². The van der Waals surface area contributed by atoms with Gasteiger partial charge in [-0.1, -0.05) is 55.7 Å². The Morgan fingerprint density at radius 2 is 1.22 bits per heavy atom. The number of halogens is 10. The lowest BCUT2D eigenvalue weighted by molar-refractivity contribution is -0.385. The van der Waals surface area contributed by atoms with Gasteiger partial charge >= 0.3 is 18.3 Å². The van der Waals surface area contributed by atoms with Crippen molar-refractivity contribution >= 4 is 22.6 Å². The van der Waals surface area contributed by atoms with Gasteiger partial charge in [-0.15, -0.1) is 0 Å². The van der Waals surface area contributed by atoms with E-state index in [0.29, 0.717) is 19.3 Å². The van der Waals surface area contributed by atoms with E-state index in [1.54, 1.807) is 6.92 Å². The molecule has 0 saturated heterocycles. The second kappa shape index (κ2) is 7.55. The van der Waals surface area contributed by atoms with Gasteiger partial charge in [0.2, 0.25) is 0 Å². The summed E-state index contributed by atoms with van der Waals surface area (Å²) in [5, 5.41) is 0. The summed E-state index contributed by atoms with van der Waals surface area (Å²) in [4.78, 5) is 0. The van der Waals surface area contributed by atoms with Crippen molar-refractivity contribution in [2.75, 3.05) is 0 Å². The van der Waals surface area contributed by atoms with Gasteiger partial charge in [0.05, 0.1) is 0 Å². The summed E-state index contributed by atoms with van der Waals surface area (Å²) in [6, 6.07) is 0. The van der Waals surface area contributed by atoms with Gasteiger partial charge in [-0.05, 0) is 12.8 Å². The first kappa shape index (κ1) is 23.1. The van der Waals surface area contributed by atoms with E-state index >= 15 is 0 Å². The molecule has 2 atom stereocenters. The van der Waals surface area contributed by atoms with Gasteiger partial charge < -0.3 is 0 Å². The lowest BCUT2D eigenvalue weighted by atomic mass is 9.82. The van der Waals surface area contributed by atoms with E-state index in [1.807, 2.05) is 0 Å². The fourth-order valence-corrected chi connectivity index (χ4v) is 3.04. The highest BCUT2D eigenvalue weighted by Crippen LogP contribution is 2.57. The summed E-state index contributed by atoms with van der Waals surface area (Å²) in [6.07, 6.45) is -13.6. The molecule has 0 fully saturated rings. The smallest absolute Gasteiger partial charge is 0.227 e. The first-order chi connectivity index (χ1) is 10.1. The Morgan fingerprint density at radius 1 is 0.739 bits per heavy atom. The van der Waals surface area contributed by atoms with Crippen LogP contribution < -0.4 is 0 Å². The molecule has 0 bridgehead atoms. The average molecular weight is 472 g/mol. The predicted molar refractivity (Wildman–Crippen MR) is 76.7 cm³/mol. The van der Waals surface area contributed by atoms with Gasteiger partial charge in [0.15, 0.2) is 0 Å². The van der Waals surface area contributed by atoms with Crippen LogP contribution in [0.15, 0.2) is 0 Å². The molecule has 23 heavy (non-hydrogen) atoms. The molecule has 2 unspecified atom stereocenters. The van der Waals surface area contributed by atoms with E-state index in [9.17, 15) is 39.5 Å². The molecule has 0 aliphatic heterocycles. The van der Waals surface area contributed by atoms with E-state index in [0.717, 1.165) is 0 Å². The minimum Gasteiger partial charge on any atom is -0.227 e. The molecule has 0 aromatic heterocycles. The lowest BCUT2D eigenvalue weighted by Gasteiger charge is -2.40. The number of alkyl halides is 10. The SMILES string of the molecule is CCCCCC(I)(CC)CC(F)(C(F)(F)F)C(F)(F)C(F)(F)F. The third kappa shape index (κ3) is 5.04. The standard InChI is InChI=1S/C13H18F9I/c1-3-5-6-7-9(23,4-2)8-10(14,12(17,18)19)11(15,16)13(20,21)22/h3-8H2,1-2H3. The van der Waals surface area contributed by atoms with Crippen LogP contribution in [0.25, 0.3) is 0 Å². The summed E-state index contributed by atoms with van der Waals surface area (Å²) in [6.45, 7) is 3.12. The van der Waals surface area contributed by atoms with Crippen LogP contribution in [-0.2, 0) is 0 Å². The zero-order chi connectivity index (χ0) is 18.7. The Hall–Kier alpha value is 0.1000. The van der Waals surface area contributed by atoms with E-state index in [2.05, 4.69) is 0 Å². The Labute approximate surface area is 142 Å². The van der Waals surface area contributed by atoms with Crippen LogP contribution in [0.4, 0.5) is 39.5 Å². The summed E-state index contributed by atoms with van der Waals surface area (Å²) >= 11 is 1.37. The molecule has 0 rings (SSSR count). The monoisotopic (exact) mass is 472 g/mol. The third-order valence-corrected chi connectivity index (χ3v) is 5.41. The van der Waals surface area contributed by atoms with Gasteiger partial charge in [0, 0.05) is 9.84 Å². The molecule has 140 valence electrons. The summed E-state index contributed by atoms with van der Waals surface area (Å²) in [5.74, 6) is -6.52. The van der Waals surface area contributed by atoms with Crippen LogP contribution in [0.1, 0.15) is 52.4 Å². The minimum absolute atomic E-state index is 0.0758. The summed E-state index contributed by atoms with van der Waals surface area (Å²) in [5.41, 5.74) is -5.67. The molecular weight excluding hydrogens is 454 g/mol. The maximum Gasteiger partial charge on any atom is 0.457 e. The highest BCUT2D eigenvalue weighted by molar-refractivity contribution is 14.1. The van der Waals surface area contributed by atoms with E-state index < -0.39 is 33.8 Å². The maximum atomic E-state index is 14.2. The number of unbranched alkanes of at least 4 members (excludes halogenated alkanes) is 2. The van der Waals surface area contributed by atoms with Crippen molar-refractivity contribution in [1.82, 2.24) is 0 Å². The van der Waals surface area contributed by atoms with Gasteiger partial charge in [-0.25, -0.2) is 4.39 Å². The van der Waals surface area contributed by atoms with Crippen LogP contribution in [0.3, 0.4) is 0 Å². The molecule has 0 N–H and O–H groups in total. The second-order valence-corrected chi connectivity index (χ2v) is 7.80. The molecule has 0 heterocycles. The van der Waals surface area contributed by atoms with E-state index in [1.165, 1.54) is 29.5 Å². The molecule has 0 aromatic rings. The first-order valence-electron chi connectivity index (χ1n) is 6.97. The van der Waals surface area contributed by atoms with Crippen LogP contribution in [0.5, 0.6) is 0 Å². The highest BCUT2D eigenvalue weighted by atomic mass is 127. The Kier molecular flexibility index (Phi) is 7.58. The number of hydrogen-bond donors (Lipinski definition) is 0. The van der Waals surface area contributed by atoms with Crippen LogP contribution >= 0.6 is 22.6 Å². The Morgan fingerprint density at radius 3 is 1.52 bits per heavy atom. The Balaban J connectivity index is 5.75. The van der Waals surface area contributed by atoms with Crippen molar-refractivity contribution in [2.45, 2.75) is 79.7 Å². The van der Waals surface area contributed by atoms with Crippen molar-refractivity contribution in [2.24, 2.45) is 0 Å². The number of rotatable bonds is 8. The van der Waals surface area contributed by atoms with E-state index in [4.69, 9.17) is 0 Å². The zero-order valence-electron chi connectivity index (χ0n) is 12.5. The Bertz CT molecular complexity index is 377. The van der Waals surface area contributed by atoms with Gasteiger partial charge in [-0.2, -0.15) is 35.1 Å². The average Bonchev–Trinajstić information content (AvgIpc) is 2.36. The topological polar surface area (TPSA) is 0 Å². The van der Waals surface area contributed by atoms with Crippen molar-refractivity contribution in [3.05, 3.63) is 0 Å². The minimum atomic E-state index is -6.63. The second-order valence-electron chi connectivity index (χ2n) is 5.51. The summed E-state index contributed by atoms with van der Waals surface area (Å²) in [7, 11) is 0. The quantitative estimate of drug-likeness (QED) is 0.154. The molecule has 0 aliphatic carbocycles. The molecule has 10 heteroatoms. The van der Waals surface area contributed by atoms with Crippen molar-refractivity contribution < 1.29 is 39.5 Å². The molecule has 0 spiro atoms. The van der Waals surface area contributed by atoms with Crippen LogP contribution in [-0.4, -0.2) is 27.4 Å². The largest absolute Gasteiger partial charge is 0.457 e. The van der Waals surface area contributed by atoms with Gasteiger partial charge in [-0.3, -0.25) is 0 Å². The molecule has 0 saturated carbocycles. The van der Waals surface area contributed by atoms with Crippen molar-refractivity contribution in [3.63, 3.8) is 0 Å². The van der Waals surface area contributed by atoms with Gasteiger partial charge in [0.25, 0.3) is 5.67 Å². The van der Waals surface area contributed by atoms with Crippen molar-refractivity contribution in [1.29, 1.82) is 0 Å². The van der Waals surface area contributed by atoms with E-state index in [-0.39, 0.29) is 12.8 Å². The van der Waals surface area contributed by atoms with Crippen LogP contribution in [0.2, 0.25) is 0 Å². The fraction of sp³-hybridized carbons (Fsp3) is 1.00. The molecule has 0 amide bonds. The third-order valence-electron chi connectivity index (χ3n) is 3.73. The molecule has 0 radical (unpaired) electrons. The normalized spacial score (nSPS) is 19.3. The molecule has 0 aliphatic rings. The maximum absolute atomic E-state index is 14.2. The van der Waals surface area contributed by atoms with Crippen molar-refractivity contribution in [3.8, 4) is 0 Å². The lowest BCUT2D eigenvalue weighted by Crippen LogP contribution is -2.64. The molecule has 0 nitrogen and oxygen atoms in total. The molecular formula is C13H18F9I. The van der Waals surface area contributed by atoms with Gasteiger partial charge in [0.1, 0.15) is 0 Å². The molecule has 0 aromatic carbocycles. The number of hydrogen-bond acceptors (Lipinski definition) is 0. The zero-order valence-corrected chi connectivity index (χ0v) is 14.7. The first-order valence-corrected chi connectivity index (χ1v) is 8.05. The fourth-order valence-electron chi connectivity index (χ4n) is 2.13. The summed E-state index contributed by atoms with van der Waals surface area (Å²) < 4.78 is 115.